The Balaban J connectivity index is 2.25. The van der Waals surface area contributed by atoms with Gasteiger partial charge in [0.2, 0.25) is 0 Å². The molecule has 0 N–H and O–H groups in total. The minimum Gasteiger partial charge on any atom is -0.463 e. The van der Waals surface area contributed by atoms with Crippen LogP contribution in [0.1, 0.15) is 34.7 Å². The maximum absolute atomic E-state index is 13.8. The van der Waals surface area contributed by atoms with Crippen LogP contribution in [0.3, 0.4) is 0 Å². The normalized spacial score (nSPS) is 14.1. The van der Waals surface area contributed by atoms with Gasteiger partial charge in [0.1, 0.15) is 5.82 Å². The fraction of sp³-hybridized carbons (Fsp3) is 0.150. The van der Waals surface area contributed by atoms with E-state index in [1.165, 1.54) is 18.2 Å². The molecule has 0 saturated carbocycles. The number of ether oxygens (including phenoxy) is 1. The lowest BCUT2D eigenvalue weighted by Gasteiger charge is -2.12. The second-order valence-electron chi connectivity index (χ2n) is 5.47. The van der Waals surface area contributed by atoms with E-state index in [1.54, 1.807) is 13.0 Å². The van der Waals surface area contributed by atoms with Crippen LogP contribution in [0.15, 0.2) is 42.5 Å². The van der Waals surface area contributed by atoms with Gasteiger partial charge in [-0.25, -0.2) is 9.18 Å². The van der Waals surface area contributed by atoms with Crippen molar-refractivity contribution in [3.05, 3.63) is 76.1 Å². The van der Waals surface area contributed by atoms with Gasteiger partial charge in [0, 0.05) is 6.08 Å². The number of halogens is 1. The first-order valence-electron chi connectivity index (χ1n) is 7.56. The van der Waals surface area contributed by atoms with Gasteiger partial charge < -0.3 is 4.74 Å². The monoisotopic (exact) mass is 308 g/mol. The molecule has 2 aromatic rings. The highest BCUT2D eigenvalue weighted by Gasteiger charge is 2.17. The summed E-state index contributed by atoms with van der Waals surface area (Å²) >= 11 is 0. The largest absolute Gasteiger partial charge is 0.463 e. The molecule has 116 valence electrons. The number of hydrogen-bond acceptors (Lipinski definition) is 2. The van der Waals surface area contributed by atoms with Crippen molar-refractivity contribution in [3.8, 4) is 0 Å². The molecule has 0 atom stereocenters. The third kappa shape index (κ3) is 3.09. The molecule has 3 rings (SSSR count). The summed E-state index contributed by atoms with van der Waals surface area (Å²) in [6.07, 6.45) is 5.38. The molecule has 0 fully saturated rings. The summed E-state index contributed by atoms with van der Waals surface area (Å²) < 4.78 is 18.8. The van der Waals surface area contributed by atoms with Gasteiger partial charge in [0.25, 0.3) is 0 Å². The molecular formula is C20H17FO2. The van der Waals surface area contributed by atoms with Crippen LogP contribution in [0, 0.1) is 12.7 Å². The van der Waals surface area contributed by atoms with E-state index in [2.05, 4.69) is 0 Å². The lowest BCUT2D eigenvalue weighted by Crippen LogP contribution is -2.03. The smallest absolute Gasteiger partial charge is 0.331 e. The van der Waals surface area contributed by atoms with Gasteiger partial charge in [-0.3, -0.25) is 0 Å². The second-order valence-corrected chi connectivity index (χ2v) is 5.47. The topological polar surface area (TPSA) is 26.3 Å². The van der Waals surface area contributed by atoms with Crippen molar-refractivity contribution < 1.29 is 13.9 Å². The number of rotatable bonds is 2. The Bertz CT molecular complexity index is 832. The van der Waals surface area contributed by atoms with Gasteiger partial charge in [-0.1, -0.05) is 42.0 Å². The molecule has 0 unspecified atom stereocenters. The molecule has 0 saturated heterocycles. The van der Waals surface area contributed by atoms with Crippen LogP contribution in [0.2, 0.25) is 0 Å². The first kappa shape index (κ1) is 15.2. The van der Waals surface area contributed by atoms with Gasteiger partial charge >= 0.3 is 5.97 Å². The Morgan fingerprint density at radius 2 is 1.87 bits per heavy atom. The van der Waals surface area contributed by atoms with Crippen molar-refractivity contribution in [2.45, 2.75) is 13.8 Å². The number of hydrogen-bond donors (Lipinski definition) is 0. The van der Waals surface area contributed by atoms with Gasteiger partial charge in [-0.05, 0) is 53.8 Å². The third-order valence-electron chi connectivity index (χ3n) is 3.79. The van der Waals surface area contributed by atoms with Crippen molar-refractivity contribution in [2.24, 2.45) is 0 Å². The zero-order chi connectivity index (χ0) is 16.4. The maximum Gasteiger partial charge on any atom is 0.331 e. The number of benzene rings is 2. The minimum absolute atomic E-state index is 0.303. The Morgan fingerprint density at radius 3 is 2.65 bits per heavy atom. The lowest BCUT2D eigenvalue weighted by molar-refractivity contribution is -0.137. The predicted octanol–water partition coefficient (Wildman–Crippen LogP) is 4.61. The molecule has 0 heterocycles. The summed E-state index contributed by atoms with van der Waals surface area (Å²) in [5.41, 5.74) is 5.26. The van der Waals surface area contributed by atoms with Gasteiger partial charge in [-0.15, -0.1) is 0 Å². The van der Waals surface area contributed by atoms with Gasteiger partial charge in [-0.2, -0.15) is 0 Å². The van der Waals surface area contributed by atoms with Crippen molar-refractivity contribution >= 4 is 23.7 Å². The average molecular weight is 308 g/mol. The van der Waals surface area contributed by atoms with Crippen LogP contribution in [-0.4, -0.2) is 12.6 Å². The van der Waals surface area contributed by atoms with E-state index in [-0.39, 0.29) is 5.82 Å². The Morgan fingerprint density at radius 1 is 1.09 bits per heavy atom. The molecule has 0 bridgehead atoms. The van der Waals surface area contributed by atoms with Crippen LogP contribution < -0.4 is 0 Å². The van der Waals surface area contributed by atoms with E-state index < -0.39 is 5.97 Å². The summed E-state index contributed by atoms with van der Waals surface area (Å²) in [6, 6.07) is 10.6. The molecule has 0 aromatic heterocycles. The van der Waals surface area contributed by atoms with Crippen LogP contribution in [0.25, 0.3) is 17.7 Å². The van der Waals surface area contributed by atoms with Crippen molar-refractivity contribution in [1.82, 2.24) is 0 Å². The van der Waals surface area contributed by atoms with Crippen LogP contribution in [0.5, 0.6) is 0 Å². The quantitative estimate of drug-likeness (QED) is 0.510. The molecule has 0 aliphatic heterocycles. The zero-order valence-corrected chi connectivity index (χ0v) is 13.1. The molecule has 0 spiro atoms. The third-order valence-corrected chi connectivity index (χ3v) is 3.79. The molecule has 23 heavy (non-hydrogen) atoms. The zero-order valence-electron chi connectivity index (χ0n) is 13.1. The molecule has 2 aromatic carbocycles. The van der Waals surface area contributed by atoms with Crippen molar-refractivity contribution in [1.29, 1.82) is 0 Å². The molecule has 1 aliphatic rings. The highest BCUT2D eigenvalue weighted by Crippen LogP contribution is 2.34. The number of esters is 1. The van der Waals surface area contributed by atoms with E-state index in [1.807, 2.05) is 37.3 Å². The molecule has 2 nitrogen and oxygen atoms in total. The van der Waals surface area contributed by atoms with Crippen LogP contribution in [-0.2, 0) is 9.53 Å². The van der Waals surface area contributed by atoms with E-state index in [0.29, 0.717) is 17.7 Å². The van der Waals surface area contributed by atoms with E-state index in [0.717, 1.165) is 22.3 Å². The fourth-order valence-corrected chi connectivity index (χ4v) is 2.75. The molecule has 1 aliphatic carbocycles. The number of aryl methyl sites for hydroxylation is 1. The Kier molecular flexibility index (Phi) is 4.11. The van der Waals surface area contributed by atoms with Crippen molar-refractivity contribution in [3.63, 3.8) is 0 Å². The minimum atomic E-state index is -0.425. The SMILES string of the molecule is CCOC(=O)C=C1c2ccc(C)cc2C=Cc2ccc(F)cc21. The Labute approximate surface area is 134 Å². The summed E-state index contributed by atoms with van der Waals surface area (Å²) in [5.74, 6) is -0.756. The molecular weight excluding hydrogens is 291 g/mol. The predicted molar refractivity (Wildman–Crippen MR) is 90.2 cm³/mol. The molecule has 0 radical (unpaired) electrons. The van der Waals surface area contributed by atoms with Crippen molar-refractivity contribution in [2.75, 3.05) is 6.61 Å². The summed E-state index contributed by atoms with van der Waals surface area (Å²) in [5, 5.41) is 0. The fourth-order valence-electron chi connectivity index (χ4n) is 2.75. The summed E-state index contributed by atoms with van der Waals surface area (Å²) in [7, 11) is 0. The molecule has 3 heteroatoms. The number of carbonyl (C=O) groups is 1. The standard InChI is InChI=1S/C20H17FO2/c1-3-23-20(22)12-19-17-9-4-13(2)10-15(17)6-5-14-7-8-16(21)11-18(14)19/h4-12H,3H2,1-2H3. The van der Waals surface area contributed by atoms with E-state index in [9.17, 15) is 9.18 Å². The van der Waals surface area contributed by atoms with Gasteiger partial charge in [0.05, 0.1) is 6.61 Å². The summed E-state index contributed by atoms with van der Waals surface area (Å²) in [6.45, 7) is 4.08. The lowest BCUT2D eigenvalue weighted by atomic mass is 9.92. The van der Waals surface area contributed by atoms with E-state index >= 15 is 0 Å². The second kappa shape index (κ2) is 6.21. The Hall–Kier alpha value is -2.68. The number of carbonyl (C=O) groups excluding carboxylic acids is 1. The maximum atomic E-state index is 13.8. The number of fused-ring (bicyclic) bond motifs is 2. The van der Waals surface area contributed by atoms with Crippen LogP contribution in [0.4, 0.5) is 4.39 Å². The highest BCUT2D eigenvalue weighted by molar-refractivity contribution is 6.01. The first-order chi connectivity index (χ1) is 11.1. The average Bonchev–Trinajstić information content (AvgIpc) is 2.65. The van der Waals surface area contributed by atoms with Gasteiger partial charge in [0.15, 0.2) is 0 Å². The van der Waals surface area contributed by atoms with Crippen LogP contribution >= 0.6 is 0 Å². The van der Waals surface area contributed by atoms with E-state index in [4.69, 9.17) is 4.74 Å². The molecule has 0 amide bonds. The first-order valence-corrected chi connectivity index (χ1v) is 7.56. The highest BCUT2D eigenvalue weighted by atomic mass is 19.1. The summed E-state index contributed by atoms with van der Waals surface area (Å²) in [4.78, 5) is 12.0.